The van der Waals surface area contributed by atoms with Gasteiger partial charge in [-0.1, -0.05) is 86.4 Å². The Morgan fingerprint density at radius 2 is 0.631 bits per heavy atom. The molecule has 374 valence electrons. The first-order valence-electron chi connectivity index (χ1n) is 24.0. The molecule has 0 aromatic heterocycles. The number of hydrogen-bond donors (Lipinski definition) is 10. The van der Waals surface area contributed by atoms with Crippen molar-refractivity contribution in [1.82, 2.24) is 37.0 Å². The Balaban J connectivity index is 3.79. The summed E-state index contributed by atoms with van der Waals surface area (Å²) < 4.78 is 0. The highest BCUT2D eigenvalue weighted by Gasteiger charge is 2.21. The second kappa shape index (κ2) is 42.3. The van der Waals surface area contributed by atoms with Crippen molar-refractivity contribution in [3.63, 3.8) is 0 Å². The third-order valence-corrected chi connectivity index (χ3v) is 11.1. The van der Waals surface area contributed by atoms with Crippen LogP contribution in [0.15, 0.2) is 0 Å². The molecule has 10 N–H and O–H groups in total. The number of unbranched alkanes of at least 4 members (excludes halogenated alkanes) is 14. The summed E-state index contributed by atoms with van der Waals surface area (Å²) in [6.45, 7) is 1.66. The zero-order chi connectivity index (χ0) is 48.3. The minimum atomic E-state index is -1.20. The van der Waals surface area contributed by atoms with Gasteiger partial charge in [-0.2, -0.15) is 0 Å². The normalized spacial score (nSPS) is 11.8. The monoisotopic (exact) mass is 944 g/mol. The smallest absolute Gasteiger partial charge is 0.326 e. The van der Waals surface area contributed by atoms with E-state index < -0.39 is 30.0 Å². The molecule has 0 heterocycles. The molecule has 0 fully saturated rings. The third-order valence-electron chi connectivity index (χ3n) is 10.7. The molecule has 20 heteroatoms. The van der Waals surface area contributed by atoms with Crippen LogP contribution in [-0.4, -0.2) is 113 Å². The Kier molecular flexibility index (Phi) is 39.4. The first kappa shape index (κ1) is 60.6. The highest BCUT2D eigenvalue weighted by atomic mass is 31.0. The van der Waals surface area contributed by atoms with Crippen LogP contribution in [0.5, 0.6) is 0 Å². The second-order valence-electron chi connectivity index (χ2n) is 16.6. The summed E-state index contributed by atoms with van der Waals surface area (Å²) in [5, 5.41) is 46.0. The molecule has 3 atom stereocenters. The van der Waals surface area contributed by atoms with Crippen molar-refractivity contribution in [2.75, 3.05) is 32.7 Å². The highest BCUT2D eigenvalue weighted by molar-refractivity contribution is 7.13. The van der Waals surface area contributed by atoms with Crippen molar-refractivity contribution >= 4 is 62.7 Å². The van der Waals surface area contributed by atoms with Crippen LogP contribution < -0.4 is 37.0 Å². The second-order valence-corrected chi connectivity index (χ2v) is 16.9. The lowest BCUT2D eigenvalue weighted by Gasteiger charge is -2.14. The molecule has 0 aromatic rings. The van der Waals surface area contributed by atoms with Gasteiger partial charge in [0.25, 0.3) is 0 Å². The van der Waals surface area contributed by atoms with Crippen LogP contribution in [0, 0.1) is 0 Å². The molecule has 6 amide bonds. The quantitative estimate of drug-likeness (QED) is 0.0300. The molecule has 19 nitrogen and oxygen atoms in total. The maximum absolute atomic E-state index is 12.4. The first-order valence-corrected chi connectivity index (χ1v) is 24.6. The SMILES string of the molecule is O=C(O)CCCCCCCCCCCCCCCCC(=O)N[C@@H](CCC(=O)NCCCC(=O)NCCCC(=O)NCCCC(=O)NCCCC(=O)NCCCC[C@H](NP)C(=O)O)C(=O)O. The largest absolute Gasteiger partial charge is 0.481 e. The van der Waals surface area contributed by atoms with E-state index in [2.05, 4.69) is 46.4 Å². The van der Waals surface area contributed by atoms with E-state index in [1.807, 2.05) is 0 Å². The standard InChI is InChI=1S/C45H82N7O12P/c53-37(46-30-16-15-21-36(52-65)45(63)64)23-17-31-47-38(54)24-18-32-48-39(55)25-19-33-49-40(56)26-20-34-50-41(57)29-28-35(44(61)62)51-42(58)22-13-11-9-7-5-3-1-2-4-6-8-10-12-14-27-43(59)60/h35-36,52H,1-34,65H2,(H,46,53)(H,47,54)(H,48,55)(H,49,56)(H,50,57)(H,51,58)(H,59,60)(H,61,62)(H,63,64)/t35-,36-/m0/s1. The third kappa shape index (κ3) is 40.8. The fraction of sp³-hybridized carbons (Fsp3) is 0.800. The lowest BCUT2D eigenvalue weighted by Crippen LogP contribution is -2.41. The number of amides is 6. The van der Waals surface area contributed by atoms with E-state index in [0.29, 0.717) is 77.5 Å². The molecule has 0 bridgehead atoms. The number of rotatable bonds is 45. The van der Waals surface area contributed by atoms with Crippen LogP contribution in [0.2, 0.25) is 0 Å². The Morgan fingerprint density at radius 3 is 0.969 bits per heavy atom. The molecule has 0 aliphatic heterocycles. The summed E-state index contributed by atoms with van der Waals surface area (Å²) in [5.74, 6) is -4.29. The van der Waals surface area contributed by atoms with E-state index in [1.165, 1.54) is 38.5 Å². The summed E-state index contributed by atoms with van der Waals surface area (Å²) >= 11 is 0. The maximum atomic E-state index is 12.4. The molecule has 0 spiro atoms. The van der Waals surface area contributed by atoms with E-state index in [4.69, 9.17) is 10.2 Å². The summed E-state index contributed by atoms with van der Waals surface area (Å²) in [5.41, 5.74) is 0. The van der Waals surface area contributed by atoms with Crippen molar-refractivity contribution in [3.8, 4) is 0 Å². The first-order chi connectivity index (χ1) is 31.2. The Morgan fingerprint density at radius 1 is 0.323 bits per heavy atom. The molecular formula is C45H82N7O12P. The lowest BCUT2D eigenvalue weighted by atomic mass is 10.0. The van der Waals surface area contributed by atoms with Gasteiger partial charge in [0.15, 0.2) is 0 Å². The van der Waals surface area contributed by atoms with Crippen LogP contribution in [0.25, 0.3) is 0 Å². The molecule has 1 unspecified atom stereocenters. The number of aliphatic carboxylic acids is 3. The summed E-state index contributed by atoms with van der Waals surface area (Å²) in [7, 11) is 2.19. The molecule has 0 aliphatic carbocycles. The van der Waals surface area contributed by atoms with Crippen molar-refractivity contribution in [1.29, 1.82) is 0 Å². The summed E-state index contributed by atoms with van der Waals surface area (Å²) in [6, 6.07) is -1.80. The molecule has 0 saturated carbocycles. The predicted molar refractivity (Wildman–Crippen MR) is 250 cm³/mol. The van der Waals surface area contributed by atoms with Gasteiger partial charge in [0.2, 0.25) is 35.4 Å². The van der Waals surface area contributed by atoms with Crippen molar-refractivity contribution in [2.24, 2.45) is 0 Å². The number of carboxylic acids is 3. The van der Waals surface area contributed by atoms with Gasteiger partial charge in [-0.25, -0.2) is 4.79 Å². The zero-order valence-corrected chi connectivity index (χ0v) is 39.9. The van der Waals surface area contributed by atoms with Gasteiger partial charge in [-0.3, -0.25) is 43.4 Å². The van der Waals surface area contributed by atoms with Gasteiger partial charge >= 0.3 is 17.9 Å². The molecule has 0 saturated heterocycles. The van der Waals surface area contributed by atoms with Gasteiger partial charge in [0.05, 0.1) is 0 Å². The molecule has 65 heavy (non-hydrogen) atoms. The van der Waals surface area contributed by atoms with E-state index in [9.17, 15) is 48.3 Å². The molecule has 0 aromatic carbocycles. The molecule has 0 aliphatic rings. The van der Waals surface area contributed by atoms with Crippen molar-refractivity contribution in [2.45, 2.75) is 198 Å². The van der Waals surface area contributed by atoms with E-state index in [1.54, 1.807) is 0 Å². The number of carbonyl (C=O) groups is 9. The molecule has 0 radical (unpaired) electrons. The predicted octanol–water partition coefficient (Wildman–Crippen LogP) is 4.37. The van der Waals surface area contributed by atoms with Crippen LogP contribution in [0.4, 0.5) is 0 Å². The van der Waals surface area contributed by atoms with Crippen LogP contribution in [0.3, 0.4) is 0 Å². The van der Waals surface area contributed by atoms with Gasteiger partial charge in [0, 0.05) is 77.7 Å². The maximum Gasteiger partial charge on any atom is 0.326 e. The Hall–Kier alpha value is -4.38. The Labute approximate surface area is 388 Å². The van der Waals surface area contributed by atoms with Gasteiger partial charge in [0.1, 0.15) is 12.1 Å². The number of carboxylic acid groups (broad SMARTS) is 3. The minimum Gasteiger partial charge on any atom is -0.481 e. The summed E-state index contributed by atoms with van der Waals surface area (Å²) in [6.07, 6.45) is 19.6. The fourth-order valence-electron chi connectivity index (χ4n) is 6.81. The van der Waals surface area contributed by atoms with E-state index >= 15 is 0 Å². The van der Waals surface area contributed by atoms with Gasteiger partial charge < -0.3 is 47.2 Å². The number of hydrogen-bond acceptors (Lipinski definition) is 10. The molecular weight excluding hydrogens is 862 g/mol. The zero-order valence-electron chi connectivity index (χ0n) is 38.8. The van der Waals surface area contributed by atoms with Crippen LogP contribution in [-0.2, 0) is 43.2 Å². The molecule has 0 rings (SSSR count). The number of nitrogens with one attached hydrogen (secondary N) is 7. The van der Waals surface area contributed by atoms with Crippen molar-refractivity contribution in [3.05, 3.63) is 0 Å². The van der Waals surface area contributed by atoms with E-state index in [-0.39, 0.29) is 93.4 Å². The van der Waals surface area contributed by atoms with Crippen LogP contribution >= 0.6 is 9.39 Å². The minimum absolute atomic E-state index is 0.0487. The lowest BCUT2D eigenvalue weighted by molar-refractivity contribution is -0.142. The fourth-order valence-corrected chi connectivity index (χ4v) is 7.12. The van der Waals surface area contributed by atoms with Crippen LogP contribution in [0.1, 0.15) is 186 Å². The van der Waals surface area contributed by atoms with Gasteiger partial charge in [-0.05, 0) is 64.2 Å². The number of carbonyl (C=O) groups excluding carboxylic acids is 6. The average Bonchev–Trinajstić information content (AvgIpc) is 3.26. The average molecular weight is 944 g/mol. The van der Waals surface area contributed by atoms with Gasteiger partial charge in [-0.15, -0.1) is 0 Å². The summed E-state index contributed by atoms with van der Waals surface area (Å²) in [4.78, 5) is 106. The van der Waals surface area contributed by atoms with Crippen molar-refractivity contribution < 1.29 is 58.5 Å². The highest BCUT2D eigenvalue weighted by Crippen LogP contribution is 2.14. The Bertz CT molecular complexity index is 1390. The van der Waals surface area contributed by atoms with E-state index in [0.717, 1.165) is 44.9 Å². The topological polar surface area (TPSA) is 299 Å².